The van der Waals surface area contributed by atoms with Gasteiger partial charge in [0.1, 0.15) is 0 Å². The van der Waals surface area contributed by atoms with E-state index >= 15 is 0 Å². The number of fused-ring (bicyclic) bond motifs is 4. The van der Waals surface area contributed by atoms with E-state index in [1.807, 2.05) is 26.1 Å². The molecule has 0 radical (unpaired) electrons. The third-order valence-corrected chi connectivity index (χ3v) is 7.68. The first-order valence-electron chi connectivity index (χ1n) is 13.0. The molecule has 6 rings (SSSR count). The van der Waals surface area contributed by atoms with Crippen molar-refractivity contribution in [1.82, 2.24) is 39.3 Å². The molecule has 0 spiro atoms. The van der Waals surface area contributed by atoms with Crippen LogP contribution in [0.25, 0.3) is 28.2 Å². The topological polar surface area (TPSA) is 125 Å². The highest BCUT2D eigenvalue weighted by Crippen LogP contribution is 2.33. The summed E-state index contributed by atoms with van der Waals surface area (Å²) in [5, 5.41) is 16.0. The zero-order chi connectivity index (χ0) is 28.7. The lowest BCUT2D eigenvalue weighted by molar-refractivity contribution is -0.119. The maximum atomic E-state index is 13.7. The largest absolute Gasteiger partial charge is 0.323 e. The van der Waals surface area contributed by atoms with E-state index in [0.29, 0.717) is 52.6 Å². The molecule has 1 aliphatic heterocycles. The van der Waals surface area contributed by atoms with E-state index in [1.165, 1.54) is 17.1 Å². The summed E-state index contributed by atoms with van der Waals surface area (Å²) in [6.45, 7) is 1.90. The molecule has 1 N–H and O–H groups in total. The van der Waals surface area contributed by atoms with E-state index in [1.54, 1.807) is 46.0 Å². The maximum absolute atomic E-state index is 13.7. The second-order valence-electron chi connectivity index (χ2n) is 10.0. The smallest absolute Gasteiger partial charge is 0.254 e. The molecule has 2 bridgehead atoms. The van der Waals surface area contributed by atoms with Crippen LogP contribution in [0.3, 0.4) is 0 Å². The van der Waals surface area contributed by atoms with Gasteiger partial charge in [0.25, 0.3) is 5.56 Å². The zero-order valence-corrected chi connectivity index (χ0v) is 23.7. The molecule has 13 heteroatoms. The lowest BCUT2D eigenvalue weighted by atomic mass is 9.97. The standard InChI is InChI=1S/C28H25Cl2N9O2/c1-16-4-3-5-24(21-10-17(8-9-31-21)27-22(34-28(16)41)13-33-37(27)2)38-15-32-20(12-26(38)40)19-11-18(29)6-7-23(19)39-14-25(30)35-36-39/h6-16,24H,3-5H2,1-2H3,(H,34,41)/t16-,24+/m1/s1. The quantitative estimate of drug-likeness (QED) is 0.316. The van der Waals surface area contributed by atoms with Crippen molar-refractivity contribution in [2.24, 2.45) is 13.0 Å². The summed E-state index contributed by atoms with van der Waals surface area (Å²) in [5.41, 5.74) is 4.33. The van der Waals surface area contributed by atoms with Gasteiger partial charge in [-0.3, -0.25) is 23.8 Å². The van der Waals surface area contributed by atoms with Crippen LogP contribution in [0.15, 0.2) is 66.1 Å². The number of aryl methyl sites for hydroxylation is 1. The number of amides is 1. The fourth-order valence-corrected chi connectivity index (χ4v) is 5.45. The molecule has 2 atom stereocenters. The Morgan fingerprint density at radius 1 is 1.05 bits per heavy atom. The molecule has 5 aromatic rings. The summed E-state index contributed by atoms with van der Waals surface area (Å²) >= 11 is 12.3. The van der Waals surface area contributed by atoms with Crippen molar-refractivity contribution in [3.8, 4) is 28.2 Å². The second-order valence-corrected chi connectivity index (χ2v) is 10.8. The monoisotopic (exact) mass is 589 g/mol. The minimum absolute atomic E-state index is 0.0696. The molecule has 0 fully saturated rings. The molecule has 5 heterocycles. The number of hydrogen-bond donors (Lipinski definition) is 1. The molecular weight excluding hydrogens is 565 g/mol. The van der Waals surface area contributed by atoms with Crippen LogP contribution < -0.4 is 10.9 Å². The van der Waals surface area contributed by atoms with E-state index in [9.17, 15) is 9.59 Å². The molecule has 41 heavy (non-hydrogen) atoms. The summed E-state index contributed by atoms with van der Waals surface area (Å²) < 4.78 is 4.81. The number of nitrogens with zero attached hydrogens (tertiary/aromatic N) is 8. The molecule has 1 amide bonds. The first kappa shape index (κ1) is 26.9. The van der Waals surface area contributed by atoms with E-state index in [0.717, 1.165) is 11.3 Å². The van der Waals surface area contributed by atoms with Gasteiger partial charge in [-0.1, -0.05) is 41.8 Å². The van der Waals surface area contributed by atoms with E-state index in [2.05, 4.69) is 30.7 Å². The molecule has 1 aliphatic rings. The summed E-state index contributed by atoms with van der Waals surface area (Å²) in [6.07, 6.45) is 8.38. The lowest BCUT2D eigenvalue weighted by Crippen LogP contribution is -2.27. The Labute approximate surface area is 244 Å². The summed E-state index contributed by atoms with van der Waals surface area (Å²) in [7, 11) is 1.82. The molecule has 11 nitrogen and oxygen atoms in total. The number of hydrogen-bond acceptors (Lipinski definition) is 7. The number of aromatic nitrogens is 8. The van der Waals surface area contributed by atoms with Crippen molar-refractivity contribution in [3.05, 3.63) is 87.5 Å². The SMILES string of the molecule is C[C@@H]1CCC[C@H](n2cnc(-c3cc(Cl)ccc3-n3cc(Cl)nn3)cc2=O)c2cc(ccn2)-c2c(cnn2C)NC1=O. The number of carbonyl (C=O) groups is 1. The minimum atomic E-state index is -0.400. The van der Waals surface area contributed by atoms with Crippen LogP contribution in [0.1, 0.15) is 37.9 Å². The Hall–Kier alpha value is -4.35. The Kier molecular flexibility index (Phi) is 7.14. The average molecular weight is 590 g/mol. The Morgan fingerprint density at radius 2 is 1.90 bits per heavy atom. The molecule has 208 valence electrons. The van der Waals surface area contributed by atoms with Crippen LogP contribution in [0.4, 0.5) is 5.69 Å². The summed E-state index contributed by atoms with van der Waals surface area (Å²) in [4.78, 5) is 35.9. The highest BCUT2D eigenvalue weighted by molar-refractivity contribution is 6.31. The number of carbonyl (C=O) groups excluding carboxylic acids is 1. The Bertz CT molecular complexity index is 1830. The van der Waals surface area contributed by atoms with Crippen LogP contribution in [-0.4, -0.2) is 45.2 Å². The van der Waals surface area contributed by atoms with Crippen molar-refractivity contribution in [1.29, 1.82) is 0 Å². The van der Waals surface area contributed by atoms with E-state index < -0.39 is 6.04 Å². The first-order valence-corrected chi connectivity index (χ1v) is 13.8. The molecule has 1 aromatic carbocycles. The molecule has 0 saturated heterocycles. The Morgan fingerprint density at radius 3 is 2.68 bits per heavy atom. The van der Waals surface area contributed by atoms with Crippen molar-refractivity contribution < 1.29 is 4.79 Å². The normalized spacial score (nSPS) is 17.3. The molecule has 0 unspecified atom stereocenters. The van der Waals surface area contributed by atoms with E-state index in [-0.39, 0.29) is 22.5 Å². The van der Waals surface area contributed by atoms with Gasteiger partial charge in [-0.15, -0.1) is 5.10 Å². The molecular formula is C28H25Cl2N9O2. The number of nitrogens with one attached hydrogen (secondary N) is 1. The number of pyridine rings is 1. The highest BCUT2D eigenvalue weighted by atomic mass is 35.5. The van der Waals surface area contributed by atoms with Crippen LogP contribution >= 0.6 is 23.2 Å². The first-order chi connectivity index (χ1) is 19.8. The van der Waals surface area contributed by atoms with Crippen LogP contribution in [0, 0.1) is 5.92 Å². The zero-order valence-electron chi connectivity index (χ0n) is 22.2. The number of rotatable bonds is 3. The van der Waals surface area contributed by atoms with Crippen LogP contribution in [0.5, 0.6) is 0 Å². The van der Waals surface area contributed by atoms with Gasteiger partial charge in [0.05, 0.1) is 53.2 Å². The lowest BCUT2D eigenvalue weighted by Gasteiger charge is -2.22. The van der Waals surface area contributed by atoms with Gasteiger partial charge in [0.15, 0.2) is 5.15 Å². The highest BCUT2D eigenvalue weighted by Gasteiger charge is 2.24. The third kappa shape index (κ3) is 5.25. The summed E-state index contributed by atoms with van der Waals surface area (Å²) in [5.74, 6) is -0.293. The van der Waals surface area contributed by atoms with Gasteiger partial charge in [-0.25, -0.2) is 9.67 Å². The molecule has 0 saturated carbocycles. The number of benzene rings is 1. The van der Waals surface area contributed by atoms with Crippen molar-refractivity contribution in [3.63, 3.8) is 0 Å². The summed E-state index contributed by atoms with van der Waals surface area (Å²) in [6, 6.07) is 10.1. The van der Waals surface area contributed by atoms with E-state index in [4.69, 9.17) is 23.2 Å². The van der Waals surface area contributed by atoms with Crippen LogP contribution in [0.2, 0.25) is 10.2 Å². The minimum Gasteiger partial charge on any atom is -0.323 e. The second kappa shape index (κ2) is 10.9. The Balaban J connectivity index is 1.44. The number of anilines is 1. The van der Waals surface area contributed by atoms with Gasteiger partial charge in [-0.2, -0.15) is 5.10 Å². The average Bonchev–Trinajstić information content (AvgIpc) is 3.55. The predicted octanol–water partition coefficient (Wildman–Crippen LogP) is 4.94. The van der Waals surface area contributed by atoms with Crippen molar-refractivity contribution in [2.45, 2.75) is 32.2 Å². The van der Waals surface area contributed by atoms with Gasteiger partial charge >= 0.3 is 0 Å². The molecule has 4 aromatic heterocycles. The maximum Gasteiger partial charge on any atom is 0.254 e. The fourth-order valence-electron chi connectivity index (χ4n) is 5.15. The van der Waals surface area contributed by atoms with Gasteiger partial charge in [0, 0.05) is 41.4 Å². The van der Waals surface area contributed by atoms with Gasteiger partial charge in [-0.05, 0) is 43.2 Å². The molecule has 0 aliphatic carbocycles. The third-order valence-electron chi connectivity index (χ3n) is 7.27. The predicted molar refractivity (Wildman–Crippen MR) is 155 cm³/mol. The van der Waals surface area contributed by atoms with Crippen LogP contribution in [-0.2, 0) is 11.8 Å². The van der Waals surface area contributed by atoms with Crippen molar-refractivity contribution in [2.75, 3.05) is 5.32 Å². The fraction of sp³-hybridized carbons (Fsp3) is 0.250. The van der Waals surface area contributed by atoms with Crippen molar-refractivity contribution >= 4 is 34.8 Å². The van der Waals surface area contributed by atoms with Gasteiger partial charge in [0.2, 0.25) is 5.91 Å². The number of halogens is 2. The van der Waals surface area contributed by atoms with Gasteiger partial charge < -0.3 is 5.32 Å².